The van der Waals surface area contributed by atoms with Gasteiger partial charge in [0.1, 0.15) is 8.42 Å². The maximum Gasteiger partial charge on any atom is 0.212 e. The summed E-state index contributed by atoms with van der Waals surface area (Å²) in [6, 6.07) is 8.42. The molecule has 2 aromatic rings. The minimum Gasteiger partial charge on any atom is -0.201 e. The standard InChI is InChI=1S/C20H28N/c1-7-20(5,8-2)17-11-12-21(6)19(14-17)18-10-9-15(3)13-16(18)4/h9-14H,7-8H2,1-6H3/q+1/i3D3,5D3,12D. The Morgan fingerprint density at radius 2 is 1.95 bits per heavy atom. The number of nitrogens with zero attached hydrogens (tertiary/aromatic N) is 1. The highest BCUT2D eigenvalue weighted by atomic mass is 14.9. The van der Waals surface area contributed by atoms with Crippen molar-refractivity contribution in [2.75, 3.05) is 0 Å². The van der Waals surface area contributed by atoms with E-state index in [2.05, 4.69) is 0 Å². The molecule has 0 amide bonds. The molecule has 0 saturated carbocycles. The van der Waals surface area contributed by atoms with Crippen LogP contribution in [0.4, 0.5) is 0 Å². The molecule has 2 rings (SSSR count). The molecular weight excluding hydrogens is 254 g/mol. The van der Waals surface area contributed by atoms with Crippen LogP contribution in [-0.2, 0) is 12.5 Å². The maximum atomic E-state index is 8.39. The summed E-state index contributed by atoms with van der Waals surface area (Å²) in [5, 5.41) is 0. The monoisotopic (exact) mass is 289 g/mol. The predicted octanol–water partition coefficient (Wildman–Crippen LogP) is 4.87. The summed E-state index contributed by atoms with van der Waals surface area (Å²) >= 11 is 0. The second-order valence-corrected chi connectivity index (χ2v) is 5.64. The van der Waals surface area contributed by atoms with Gasteiger partial charge in [-0.2, -0.15) is 0 Å². The normalized spacial score (nSPS) is 17.8. The van der Waals surface area contributed by atoms with Gasteiger partial charge in [0, 0.05) is 25.9 Å². The molecule has 0 aliphatic rings. The van der Waals surface area contributed by atoms with Crippen molar-refractivity contribution in [1.82, 2.24) is 0 Å². The second kappa shape index (κ2) is 6.01. The molecule has 0 aliphatic heterocycles. The van der Waals surface area contributed by atoms with E-state index in [1.807, 2.05) is 26.8 Å². The molecule has 0 saturated heterocycles. The first-order valence-electron chi connectivity index (χ1n) is 10.9. The molecule has 1 aromatic carbocycles. The quantitative estimate of drug-likeness (QED) is 0.707. The average Bonchev–Trinajstić information content (AvgIpc) is 2.57. The Morgan fingerprint density at radius 3 is 2.52 bits per heavy atom. The zero-order valence-electron chi connectivity index (χ0n) is 20.2. The highest BCUT2D eigenvalue weighted by molar-refractivity contribution is 5.62. The van der Waals surface area contributed by atoms with Crippen molar-refractivity contribution in [2.24, 2.45) is 7.05 Å². The van der Waals surface area contributed by atoms with Gasteiger partial charge in [-0.3, -0.25) is 0 Å². The number of hydrogen-bond acceptors (Lipinski definition) is 0. The fourth-order valence-corrected chi connectivity index (χ4v) is 2.67. The molecule has 1 aromatic heterocycles. The van der Waals surface area contributed by atoms with Crippen molar-refractivity contribution in [1.29, 1.82) is 0 Å². The molecule has 0 aliphatic carbocycles. The lowest BCUT2D eigenvalue weighted by Gasteiger charge is -2.27. The van der Waals surface area contributed by atoms with Crippen molar-refractivity contribution in [2.45, 2.75) is 52.7 Å². The van der Waals surface area contributed by atoms with Crippen molar-refractivity contribution >= 4 is 0 Å². The van der Waals surface area contributed by atoms with Crippen molar-refractivity contribution in [3.8, 4) is 11.3 Å². The first kappa shape index (κ1) is 8.73. The molecule has 0 unspecified atom stereocenters. The van der Waals surface area contributed by atoms with Crippen LogP contribution in [0.5, 0.6) is 0 Å². The molecule has 1 heterocycles. The third kappa shape index (κ3) is 3.02. The Hall–Kier alpha value is -1.63. The first-order chi connectivity index (χ1) is 12.8. The molecule has 1 nitrogen and oxygen atoms in total. The molecule has 0 bridgehead atoms. The van der Waals surface area contributed by atoms with Crippen LogP contribution in [0, 0.1) is 13.8 Å². The van der Waals surface area contributed by atoms with Gasteiger partial charge in [0.05, 0.1) is 0 Å². The Balaban J connectivity index is 2.75. The molecule has 0 N–H and O–H groups in total. The van der Waals surface area contributed by atoms with Crippen LogP contribution in [0.15, 0.2) is 36.5 Å². The second-order valence-electron chi connectivity index (χ2n) is 5.64. The number of benzene rings is 1. The highest BCUT2D eigenvalue weighted by Gasteiger charge is 2.25. The summed E-state index contributed by atoms with van der Waals surface area (Å²) in [4.78, 5) is 0. The topological polar surface area (TPSA) is 3.88 Å². The predicted molar refractivity (Wildman–Crippen MR) is 90.5 cm³/mol. The van der Waals surface area contributed by atoms with Gasteiger partial charge in [-0.05, 0) is 49.2 Å². The molecule has 112 valence electrons. The van der Waals surface area contributed by atoms with E-state index in [-0.39, 0.29) is 11.7 Å². The van der Waals surface area contributed by atoms with Gasteiger partial charge in [-0.25, -0.2) is 4.57 Å². The summed E-state index contributed by atoms with van der Waals surface area (Å²) in [6.07, 6.45) is 1.08. The van der Waals surface area contributed by atoms with Gasteiger partial charge in [0.2, 0.25) is 5.69 Å². The van der Waals surface area contributed by atoms with E-state index in [1.54, 1.807) is 35.9 Å². The molecule has 21 heavy (non-hydrogen) atoms. The Morgan fingerprint density at radius 1 is 1.19 bits per heavy atom. The van der Waals surface area contributed by atoms with Crippen LogP contribution < -0.4 is 4.57 Å². The number of aromatic nitrogens is 1. The van der Waals surface area contributed by atoms with Crippen molar-refractivity contribution in [3.05, 3.63) is 53.2 Å². The third-order valence-electron chi connectivity index (χ3n) is 4.33. The summed E-state index contributed by atoms with van der Waals surface area (Å²) in [5.74, 6) is 0. The van der Waals surface area contributed by atoms with Gasteiger partial charge in [0.15, 0.2) is 6.17 Å². The lowest BCUT2D eigenvalue weighted by Crippen LogP contribution is -2.32. The van der Waals surface area contributed by atoms with Gasteiger partial charge >= 0.3 is 0 Å². The molecule has 0 atom stereocenters. The largest absolute Gasteiger partial charge is 0.212 e. The van der Waals surface area contributed by atoms with E-state index in [9.17, 15) is 0 Å². The highest BCUT2D eigenvalue weighted by Crippen LogP contribution is 2.32. The van der Waals surface area contributed by atoms with Gasteiger partial charge < -0.3 is 0 Å². The fraction of sp³-hybridized carbons (Fsp3) is 0.450. The van der Waals surface area contributed by atoms with E-state index in [0.717, 1.165) is 11.1 Å². The SMILES string of the molecule is [2H]c1cc(C(CC)(CC)C([2H])([2H])[2H])cc(-c2ccc(C([2H])([2H])[2H])cc2C)[n+]1C. The molecular formula is C20H28N+. The number of hydrogen-bond donors (Lipinski definition) is 0. The smallest absolute Gasteiger partial charge is 0.201 e. The summed E-state index contributed by atoms with van der Waals surface area (Å²) in [5.41, 5.74) is 2.11. The van der Waals surface area contributed by atoms with E-state index >= 15 is 0 Å². The Kier molecular flexibility index (Phi) is 2.50. The summed E-state index contributed by atoms with van der Waals surface area (Å²) in [6.45, 7) is 1.18. The lowest BCUT2D eigenvalue weighted by molar-refractivity contribution is -0.660. The van der Waals surface area contributed by atoms with E-state index in [1.165, 1.54) is 0 Å². The van der Waals surface area contributed by atoms with E-state index < -0.39 is 19.1 Å². The van der Waals surface area contributed by atoms with Crippen molar-refractivity contribution in [3.63, 3.8) is 0 Å². The van der Waals surface area contributed by atoms with Crippen LogP contribution in [-0.4, -0.2) is 0 Å². The van der Waals surface area contributed by atoms with Crippen molar-refractivity contribution < 1.29 is 14.2 Å². The van der Waals surface area contributed by atoms with Gasteiger partial charge in [-0.15, -0.1) is 0 Å². The molecule has 1 heteroatoms. The minimum absolute atomic E-state index is 0.210. The van der Waals surface area contributed by atoms with Crippen LogP contribution >= 0.6 is 0 Å². The number of aryl methyl sites for hydroxylation is 2. The number of pyridine rings is 1. The van der Waals surface area contributed by atoms with Gasteiger partial charge in [0.25, 0.3) is 0 Å². The Bertz CT molecular complexity index is 862. The zero-order chi connectivity index (χ0) is 21.5. The van der Waals surface area contributed by atoms with Gasteiger partial charge in [-0.1, -0.05) is 38.4 Å². The number of rotatable bonds is 4. The lowest BCUT2D eigenvalue weighted by atomic mass is 9.78. The van der Waals surface area contributed by atoms with E-state index in [4.69, 9.17) is 9.60 Å². The first-order valence-corrected chi connectivity index (χ1v) is 7.41. The average molecular weight is 289 g/mol. The maximum absolute atomic E-state index is 8.39. The fourth-order valence-electron chi connectivity index (χ4n) is 2.67. The van der Waals surface area contributed by atoms with Crippen LogP contribution in [0.1, 0.15) is 59.8 Å². The van der Waals surface area contributed by atoms with E-state index in [0.29, 0.717) is 24.1 Å². The molecule has 0 fully saturated rings. The summed E-state index contributed by atoms with van der Waals surface area (Å²) < 4.78 is 57.2. The van der Waals surface area contributed by atoms with Crippen LogP contribution in [0.3, 0.4) is 0 Å². The summed E-state index contributed by atoms with van der Waals surface area (Å²) in [7, 11) is 1.76. The zero-order valence-corrected chi connectivity index (χ0v) is 13.2. The van der Waals surface area contributed by atoms with Crippen LogP contribution in [0.25, 0.3) is 11.3 Å². The minimum atomic E-state index is -2.19. The molecule has 0 spiro atoms. The van der Waals surface area contributed by atoms with Crippen LogP contribution in [0.2, 0.25) is 0 Å². The third-order valence-corrected chi connectivity index (χ3v) is 4.33. The molecule has 0 radical (unpaired) electrons. The Labute approximate surface area is 139 Å².